The lowest BCUT2D eigenvalue weighted by Crippen LogP contribution is -2.30. The number of aliphatic hydroxyl groups excluding tert-OH is 1. The van der Waals surface area contributed by atoms with Crippen LogP contribution in [0.2, 0.25) is 0 Å². The number of nitrogens with one attached hydrogen (secondary N) is 1. The summed E-state index contributed by atoms with van der Waals surface area (Å²) in [5, 5.41) is 8.94. The number of hydrogen-bond acceptors (Lipinski definition) is 3. The number of hydrogen-bond donors (Lipinski definition) is 2. The lowest BCUT2D eigenvalue weighted by molar-refractivity contribution is 0.198. The van der Waals surface area contributed by atoms with E-state index in [0.29, 0.717) is 0 Å². The molecule has 78 valence electrons. The van der Waals surface area contributed by atoms with Crippen molar-refractivity contribution in [1.29, 1.82) is 0 Å². The van der Waals surface area contributed by atoms with Gasteiger partial charge in [0.1, 0.15) is 0 Å². The van der Waals surface area contributed by atoms with Gasteiger partial charge in [0.25, 0.3) is 0 Å². The summed E-state index contributed by atoms with van der Waals surface area (Å²) in [6.45, 7) is 1.55. The quantitative estimate of drug-likeness (QED) is 0.761. The maximum Gasteiger partial charge on any atom is 0.240 e. The Morgan fingerprint density at radius 3 is 2.43 bits per heavy atom. The van der Waals surface area contributed by atoms with Crippen LogP contribution in [0.4, 0.5) is 0 Å². The third-order valence-electron chi connectivity index (χ3n) is 1.62. The van der Waals surface area contributed by atoms with Crippen LogP contribution in [0.3, 0.4) is 0 Å². The van der Waals surface area contributed by atoms with Crippen molar-refractivity contribution in [3.63, 3.8) is 0 Å². The highest BCUT2D eigenvalue weighted by Crippen LogP contribution is 2.06. The summed E-state index contributed by atoms with van der Waals surface area (Å²) in [5.74, 6) is 0. The zero-order chi connectivity index (χ0) is 10.6. The van der Waals surface area contributed by atoms with Crippen LogP contribution >= 0.6 is 0 Å². The van der Waals surface area contributed by atoms with Gasteiger partial charge in [-0.25, -0.2) is 13.1 Å². The fourth-order valence-electron chi connectivity index (χ4n) is 0.913. The summed E-state index contributed by atoms with van der Waals surface area (Å²) >= 11 is 0. The Labute approximate surface area is 83.6 Å². The molecule has 5 heteroatoms. The first kappa shape index (κ1) is 11.2. The van der Waals surface area contributed by atoms with Gasteiger partial charge in [0.15, 0.2) is 0 Å². The Balaban J connectivity index is 2.77. The molecule has 1 aromatic carbocycles. The number of rotatable bonds is 4. The molecule has 0 spiro atoms. The average Bonchev–Trinajstić information content (AvgIpc) is 2.16. The van der Waals surface area contributed by atoms with E-state index in [4.69, 9.17) is 5.11 Å². The molecule has 1 aromatic rings. The summed E-state index contributed by atoms with van der Waals surface area (Å²) in [4.78, 5) is 0.209. The van der Waals surface area contributed by atoms with Crippen molar-refractivity contribution >= 4 is 10.0 Å². The van der Waals surface area contributed by atoms with Crippen molar-refractivity contribution in [1.82, 2.24) is 4.72 Å². The molecule has 2 N–H and O–H groups in total. The highest BCUT2D eigenvalue weighted by atomic mass is 32.2. The van der Waals surface area contributed by atoms with E-state index < -0.39 is 16.1 Å². The van der Waals surface area contributed by atoms with E-state index in [0.717, 1.165) is 0 Å². The van der Waals surface area contributed by atoms with Crippen molar-refractivity contribution in [2.24, 2.45) is 0 Å². The monoisotopic (exact) mass is 215 g/mol. The molecule has 14 heavy (non-hydrogen) atoms. The molecule has 0 saturated carbocycles. The van der Waals surface area contributed by atoms with Gasteiger partial charge in [-0.1, -0.05) is 18.2 Å². The topological polar surface area (TPSA) is 66.4 Å². The second kappa shape index (κ2) is 4.54. The Bertz CT molecular complexity index is 372. The molecule has 1 rings (SSSR count). The lowest BCUT2D eigenvalue weighted by Gasteiger charge is -2.07. The van der Waals surface area contributed by atoms with E-state index in [9.17, 15) is 8.42 Å². The third kappa shape index (κ3) is 3.10. The van der Waals surface area contributed by atoms with E-state index in [1.54, 1.807) is 18.2 Å². The molecule has 4 nitrogen and oxygen atoms in total. The SMILES string of the molecule is CC(O)CNS(=O)(=O)c1ccccc1. The van der Waals surface area contributed by atoms with Crippen LogP contribution in [0.15, 0.2) is 35.2 Å². The predicted octanol–water partition coefficient (Wildman–Crippen LogP) is 0.346. The molecule has 0 aromatic heterocycles. The Kier molecular flexibility index (Phi) is 3.62. The minimum atomic E-state index is -3.47. The Morgan fingerprint density at radius 2 is 1.93 bits per heavy atom. The van der Waals surface area contributed by atoms with Gasteiger partial charge in [-0.2, -0.15) is 0 Å². The zero-order valence-electron chi connectivity index (χ0n) is 7.84. The fraction of sp³-hybridized carbons (Fsp3) is 0.333. The van der Waals surface area contributed by atoms with Crippen LogP contribution < -0.4 is 4.72 Å². The van der Waals surface area contributed by atoms with E-state index in [-0.39, 0.29) is 11.4 Å². The molecule has 0 aliphatic rings. The lowest BCUT2D eigenvalue weighted by atomic mass is 10.4. The third-order valence-corrected chi connectivity index (χ3v) is 3.06. The molecule has 0 amide bonds. The number of benzene rings is 1. The molecule has 0 fully saturated rings. The molecule has 0 saturated heterocycles. The van der Waals surface area contributed by atoms with Crippen LogP contribution in [0, 0.1) is 0 Å². The first-order valence-corrected chi connectivity index (χ1v) is 5.73. The molecule has 1 atom stereocenters. The van der Waals surface area contributed by atoms with Gasteiger partial charge in [-0.15, -0.1) is 0 Å². The van der Waals surface area contributed by atoms with Crippen LogP contribution in [0.25, 0.3) is 0 Å². The van der Waals surface area contributed by atoms with Gasteiger partial charge in [0.2, 0.25) is 10.0 Å². The van der Waals surface area contributed by atoms with Gasteiger partial charge in [0.05, 0.1) is 11.0 Å². The van der Waals surface area contributed by atoms with Gasteiger partial charge < -0.3 is 5.11 Å². The van der Waals surface area contributed by atoms with Crippen molar-refractivity contribution < 1.29 is 13.5 Å². The summed E-state index contributed by atoms with van der Waals surface area (Å²) < 4.78 is 25.3. The van der Waals surface area contributed by atoms with Gasteiger partial charge >= 0.3 is 0 Å². The van der Waals surface area contributed by atoms with Crippen molar-refractivity contribution in [3.8, 4) is 0 Å². The maximum atomic E-state index is 11.5. The van der Waals surface area contributed by atoms with E-state index in [1.807, 2.05) is 0 Å². The highest BCUT2D eigenvalue weighted by Gasteiger charge is 2.12. The van der Waals surface area contributed by atoms with Crippen molar-refractivity contribution in [2.75, 3.05) is 6.54 Å². The molecule has 0 radical (unpaired) electrons. The largest absolute Gasteiger partial charge is 0.392 e. The highest BCUT2D eigenvalue weighted by molar-refractivity contribution is 7.89. The summed E-state index contributed by atoms with van der Waals surface area (Å²) in [6, 6.07) is 8.05. The van der Waals surface area contributed by atoms with Crippen LogP contribution in [0.5, 0.6) is 0 Å². The first-order valence-electron chi connectivity index (χ1n) is 4.25. The zero-order valence-corrected chi connectivity index (χ0v) is 8.66. The second-order valence-corrected chi connectivity index (χ2v) is 4.78. The maximum absolute atomic E-state index is 11.5. The Morgan fingerprint density at radius 1 is 1.36 bits per heavy atom. The minimum Gasteiger partial charge on any atom is -0.392 e. The molecular formula is C9H13NO3S. The average molecular weight is 215 g/mol. The molecule has 1 unspecified atom stereocenters. The smallest absolute Gasteiger partial charge is 0.240 e. The van der Waals surface area contributed by atoms with E-state index >= 15 is 0 Å². The fourth-order valence-corrected chi connectivity index (χ4v) is 2.06. The second-order valence-electron chi connectivity index (χ2n) is 3.01. The van der Waals surface area contributed by atoms with Gasteiger partial charge in [0, 0.05) is 6.54 Å². The van der Waals surface area contributed by atoms with Crippen LogP contribution in [0.1, 0.15) is 6.92 Å². The first-order chi connectivity index (χ1) is 6.52. The van der Waals surface area contributed by atoms with Crippen molar-refractivity contribution in [2.45, 2.75) is 17.9 Å². The van der Waals surface area contributed by atoms with E-state index in [2.05, 4.69) is 4.72 Å². The Hall–Kier alpha value is -0.910. The molecule has 0 bridgehead atoms. The predicted molar refractivity (Wildman–Crippen MR) is 53.3 cm³/mol. The molecule has 0 aliphatic carbocycles. The summed E-state index contributed by atoms with van der Waals surface area (Å²) in [5.41, 5.74) is 0. The van der Waals surface area contributed by atoms with Crippen LogP contribution in [-0.4, -0.2) is 26.2 Å². The summed E-state index contributed by atoms with van der Waals surface area (Å²) in [7, 11) is -3.47. The number of aliphatic hydroxyl groups is 1. The molecular weight excluding hydrogens is 202 g/mol. The van der Waals surface area contributed by atoms with Crippen LogP contribution in [-0.2, 0) is 10.0 Å². The number of sulfonamides is 1. The standard InChI is InChI=1S/C9H13NO3S/c1-8(11)7-10-14(12,13)9-5-3-2-4-6-9/h2-6,8,10-11H,7H2,1H3. The van der Waals surface area contributed by atoms with Crippen molar-refractivity contribution in [3.05, 3.63) is 30.3 Å². The minimum absolute atomic E-state index is 0.0250. The summed E-state index contributed by atoms with van der Waals surface area (Å²) in [6.07, 6.45) is -0.687. The van der Waals surface area contributed by atoms with Gasteiger partial charge in [-0.05, 0) is 19.1 Å². The molecule has 0 aliphatic heterocycles. The normalized spacial score (nSPS) is 13.9. The van der Waals surface area contributed by atoms with E-state index in [1.165, 1.54) is 19.1 Å². The molecule has 0 heterocycles. The van der Waals surface area contributed by atoms with Gasteiger partial charge in [-0.3, -0.25) is 0 Å².